The van der Waals surface area contributed by atoms with Crippen molar-refractivity contribution in [3.8, 4) is 5.75 Å². The second-order valence-electron chi connectivity index (χ2n) is 6.13. The van der Waals surface area contributed by atoms with Crippen LogP contribution < -0.4 is 15.6 Å². The van der Waals surface area contributed by atoms with E-state index >= 15 is 0 Å². The number of hydrogen-bond donors (Lipinski definition) is 1. The van der Waals surface area contributed by atoms with Crippen LogP contribution in [-0.4, -0.2) is 18.0 Å². The number of ether oxygens (including phenoxy) is 1. The molecule has 1 amide bonds. The predicted octanol–water partition coefficient (Wildman–Crippen LogP) is 5.08. The van der Waals surface area contributed by atoms with Crippen molar-refractivity contribution in [2.45, 2.75) is 0 Å². The van der Waals surface area contributed by atoms with Crippen LogP contribution >= 0.6 is 15.9 Å². The highest BCUT2D eigenvalue weighted by molar-refractivity contribution is 9.10. The highest BCUT2D eigenvalue weighted by atomic mass is 79.9. The van der Waals surface area contributed by atoms with E-state index in [1.807, 2.05) is 36.4 Å². The fourth-order valence-corrected chi connectivity index (χ4v) is 3.14. The van der Waals surface area contributed by atoms with Gasteiger partial charge in [0.25, 0.3) is 5.91 Å². The molecule has 0 unspecified atom stereocenters. The Labute approximate surface area is 175 Å². The summed E-state index contributed by atoms with van der Waals surface area (Å²) in [6.45, 7) is 0. The molecule has 0 saturated carbocycles. The van der Waals surface area contributed by atoms with E-state index in [1.165, 1.54) is 0 Å². The van der Waals surface area contributed by atoms with Crippen LogP contribution in [0.4, 0.5) is 11.5 Å². The van der Waals surface area contributed by atoms with E-state index in [0.29, 0.717) is 28.4 Å². The van der Waals surface area contributed by atoms with Crippen LogP contribution in [-0.2, 0) is 0 Å². The zero-order valence-corrected chi connectivity index (χ0v) is 17.0. The van der Waals surface area contributed by atoms with Gasteiger partial charge >= 0.3 is 0 Å². The van der Waals surface area contributed by atoms with Gasteiger partial charge in [0, 0.05) is 22.1 Å². The Balaban J connectivity index is 1.86. The zero-order valence-electron chi connectivity index (χ0n) is 15.4. The Kier molecular flexibility index (Phi) is 5.39. The summed E-state index contributed by atoms with van der Waals surface area (Å²) in [7, 11) is 1.59. The SMILES string of the molecule is COc1cccc(N=c2oc3ccc(Br)cc3cc2C(=O)Nc2ccccn2)c1. The average molecular weight is 450 g/mol. The summed E-state index contributed by atoms with van der Waals surface area (Å²) >= 11 is 3.45. The molecule has 144 valence electrons. The van der Waals surface area contributed by atoms with E-state index in [2.05, 4.69) is 31.2 Å². The van der Waals surface area contributed by atoms with E-state index < -0.39 is 0 Å². The molecular formula is C22H16BrN3O3. The summed E-state index contributed by atoms with van der Waals surface area (Å²) in [6.07, 6.45) is 1.61. The van der Waals surface area contributed by atoms with Crippen molar-refractivity contribution < 1.29 is 13.9 Å². The summed E-state index contributed by atoms with van der Waals surface area (Å²) in [6, 6.07) is 19.8. The molecule has 4 aromatic rings. The number of aromatic nitrogens is 1. The van der Waals surface area contributed by atoms with Crippen LogP contribution in [0.2, 0.25) is 0 Å². The standard InChI is InChI=1S/C22H16BrN3O3/c1-28-17-6-4-5-16(13-17)25-22-18(21(27)26-20-7-2-3-10-24-20)12-14-11-15(23)8-9-19(14)29-22/h2-13H,1H3,(H,24,26,27). The van der Waals surface area contributed by atoms with Crippen LogP contribution in [0.25, 0.3) is 11.0 Å². The molecule has 1 N–H and O–H groups in total. The third-order valence-corrected chi connectivity index (χ3v) is 4.64. The molecule has 4 rings (SSSR count). The summed E-state index contributed by atoms with van der Waals surface area (Å²) in [4.78, 5) is 21.7. The van der Waals surface area contributed by atoms with Crippen molar-refractivity contribution in [2.75, 3.05) is 12.4 Å². The molecule has 29 heavy (non-hydrogen) atoms. The molecule has 0 aliphatic heterocycles. The molecule has 7 heteroatoms. The Hall–Kier alpha value is -3.45. The number of rotatable bonds is 4. The minimum absolute atomic E-state index is 0.196. The number of amides is 1. The fourth-order valence-electron chi connectivity index (χ4n) is 2.76. The molecule has 0 atom stereocenters. The number of pyridine rings is 1. The molecule has 2 aromatic heterocycles. The van der Waals surface area contributed by atoms with Crippen molar-refractivity contribution in [3.05, 3.63) is 88.5 Å². The Morgan fingerprint density at radius 1 is 1.10 bits per heavy atom. The highest BCUT2D eigenvalue weighted by Gasteiger charge is 2.14. The molecule has 2 aromatic carbocycles. The number of anilines is 1. The lowest BCUT2D eigenvalue weighted by Crippen LogP contribution is -2.22. The van der Waals surface area contributed by atoms with Gasteiger partial charge in [-0.15, -0.1) is 0 Å². The van der Waals surface area contributed by atoms with Gasteiger partial charge in [-0.05, 0) is 48.5 Å². The monoisotopic (exact) mass is 449 g/mol. The first-order valence-corrected chi connectivity index (χ1v) is 9.56. The molecule has 2 heterocycles. The lowest BCUT2D eigenvalue weighted by atomic mass is 10.1. The molecule has 0 saturated heterocycles. The second kappa shape index (κ2) is 8.28. The number of carbonyl (C=O) groups excluding carboxylic acids is 1. The van der Waals surface area contributed by atoms with Gasteiger partial charge in [-0.3, -0.25) is 4.79 Å². The number of carbonyl (C=O) groups is 1. The number of nitrogens with zero attached hydrogens (tertiary/aromatic N) is 2. The number of benzene rings is 2. The molecule has 0 radical (unpaired) electrons. The second-order valence-corrected chi connectivity index (χ2v) is 7.05. The first-order valence-electron chi connectivity index (χ1n) is 8.77. The third-order valence-electron chi connectivity index (χ3n) is 4.14. The van der Waals surface area contributed by atoms with E-state index in [-0.39, 0.29) is 11.5 Å². The van der Waals surface area contributed by atoms with Gasteiger partial charge in [0.2, 0.25) is 5.55 Å². The number of fused-ring (bicyclic) bond motifs is 1. The van der Waals surface area contributed by atoms with E-state index in [4.69, 9.17) is 9.15 Å². The lowest BCUT2D eigenvalue weighted by Gasteiger charge is -2.07. The minimum Gasteiger partial charge on any atom is -0.497 e. The normalized spacial score (nSPS) is 11.4. The lowest BCUT2D eigenvalue weighted by molar-refractivity contribution is 0.102. The fraction of sp³-hybridized carbons (Fsp3) is 0.0455. The molecule has 6 nitrogen and oxygen atoms in total. The number of halogens is 1. The van der Waals surface area contributed by atoms with Crippen molar-refractivity contribution >= 4 is 44.3 Å². The van der Waals surface area contributed by atoms with E-state index in [9.17, 15) is 4.79 Å². The maximum Gasteiger partial charge on any atom is 0.262 e. The van der Waals surface area contributed by atoms with Crippen molar-refractivity contribution in [1.29, 1.82) is 0 Å². The number of nitrogens with one attached hydrogen (secondary N) is 1. The zero-order chi connectivity index (χ0) is 20.2. The summed E-state index contributed by atoms with van der Waals surface area (Å²) in [5.74, 6) is 0.741. The van der Waals surface area contributed by atoms with Gasteiger partial charge in [0.05, 0.1) is 12.8 Å². The Morgan fingerprint density at radius 2 is 2.00 bits per heavy atom. The Bertz CT molecular complexity index is 1250. The van der Waals surface area contributed by atoms with Gasteiger partial charge < -0.3 is 14.5 Å². The van der Waals surface area contributed by atoms with Gasteiger partial charge in [0.1, 0.15) is 22.7 Å². The van der Waals surface area contributed by atoms with Crippen LogP contribution in [0.3, 0.4) is 0 Å². The highest BCUT2D eigenvalue weighted by Crippen LogP contribution is 2.22. The van der Waals surface area contributed by atoms with Gasteiger partial charge in [0.15, 0.2) is 0 Å². The van der Waals surface area contributed by atoms with E-state index in [0.717, 1.165) is 9.86 Å². The maximum absolute atomic E-state index is 13.0. The van der Waals surface area contributed by atoms with Crippen LogP contribution in [0, 0.1) is 0 Å². The molecule has 0 bridgehead atoms. The van der Waals surface area contributed by atoms with Crippen LogP contribution in [0.15, 0.2) is 86.8 Å². The summed E-state index contributed by atoms with van der Waals surface area (Å²) < 4.78 is 12.1. The largest absolute Gasteiger partial charge is 0.497 e. The predicted molar refractivity (Wildman–Crippen MR) is 114 cm³/mol. The van der Waals surface area contributed by atoms with Gasteiger partial charge in [-0.25, -0.2) is 9.98 Å². The maximum atomic E-state index is 13.0. The summed E-state index contributed by atoms with van der Waals surface area (Å²) in [5.41, 5.74) is 1.71. The van der Waals surface area contributed by atoms with E-state index in [1.54, 1.807) is 43.6 Å². The van der Waals surface area contributed by atoms with Crippen LogP contribution in [0.1, 0.15) is 10.4 Å². The topological polar surface area (TPSA) is 76.7 Å². The van der Waals surface area contributed by atoms with Crippen molar-refractivity contribution in [1.82, 2.24) is 4.98 Å². The smallest absolute Gasteiger partial charge is 0.262 e. The quantitative estimate of drug-likeness (QED) is 0.470. The Morgan fingerprint density at radius 3 is 2.79 bits per heavy atom. The molecule has 0 aliphatic rings. The van der Waals surface area contributed by atoms with Gasteiger partial charge in [-0.1, -0.05) is 28.1 Å². The van der Waals surface area contributed by atoms with Crippen LogP contribution in [0.5, 0.6) is 5.75 Å². The molecule has 0 fully saturated rings. The summed E-state index contributed by atoms with van der Waals surface area (Å²) in [5, 5.41) is 3.55. The molecular weight excluding hydrogens is 434 g/mol. The average Bonchev–Trinajstić information content (AvgIpc) is 2.74. The first kappa shape index (κ1) is 18.9. The minimum atomic E-state index is -0.365. The number of methoxy groups -OCH3 is 1. The molecule has 0 aliphatic carbocycles. The third kappa shape index (κ3) is 4.35. The first-order chi connectivity index (χ1) is 14.1. The van der Waals surface area contributed by atoms with Crippen molar-refractivity contribution in [2.24, 2.45) is 4.99 Å². The van der Waals surface area contributed by atoms with Gasteiger partial charge in [-0.2, -0.15) is 0 Å². The number of hydrogen-bond acceptors (Lipinski definition) is 5. The van der Waals surface area contributed by atoms with Crippen molar-refractivity contribution in [3.63, 3.8) is 0 Å². The molecule has 0 spiro atoms.